The lowest BCUT2D eigenvalue weighted by Crippen LogP contribution is -2.12. The van der Waals surface area contributed by atoms with Crippen LogP contribution < -0.4 is 10.1 Å². The second-order valence-electron chi connectivity index (χ2n) is 4.50. The van der Waals surface area contributed by atoms with Crippen LogP contribution >= 0.6 is 0 Å². The second-order valence-corrected chi connectivity index (χ2v) is 4.50. The van der Waals surface area contributed by atoms with E-state index in [9.17, 15) is 0 Å². The SMILES string of the molecule is COc1ccc(CNCc2cn(CCCO)nn2)cc1. The van der Waals surface area contributed by atoms with Gasteiger partial charge in [0.15, 0.2) is 0 Å². The highest BCUT2D eigenvalue weighted by Crippen LogP contribution is 2.11. The van der Waals surface area contributed by atoms with Gasteiger partial charge in [0.1, 0.15) is 5.75 Å². The number of hydrogen-bond donors (Lipinski definition) is 2. The summed E-state index contributed by atoms with van der Waals surface area (Å²) in [7, 11) is 1.66. The summed E-state index contributed by atoms with van der Waals surface area (Å²) in [6, 6.07) is 7.96. The molecule has 2 aromatic rings. The normalized spacial score (nSPS) is 10.7. The molecule has 0 spiro atoms. The molecule has 0 radical (unpaired) electrons. The number of nitrogens with one attached hydrogen (secondary N) is 1. The number of rotatable bonds is 8. The number of nitrogens with zero attached hydrogens (tertiary/aromatic N) is 3. The summed E-state index contributed by atoms with van der Waals surface area (Å²) < 4.78 is 6.87. The van der Waals surface area contributed by atoms with Crippen LogP contribution in [-0.2, 0) is 19.6 Å². The van der Waals surface area contributed by atoms with E-state index in [0.29, 0.717) is 19.5 Å². The summed E-state index contributed by atoms with van der Waals surface area (Å²) >= 11 is 0. The smallest absolute Gasteiger partial charge is 0.118 e. The van der Waals surface area contributed by atoms with Crippen molar-refractivity contribution in [2.24, 2.45) is 0 Å². The molecule has 0 aliphatic heterocycles. The van der Waals surface area contributed by atoms with E-state index in [0.717, 1.165) is 18.0 Å². The molecule has 6 heteroatoms. The molecule has 108 valence electrons. The molecule has 1 heterocycles. The van der Waals surface area contributed by atoms with E-state index in [1.165, 1.54) is 5.56 Å². The van der Waals surface area contributed by atoms with Gasteiger partial charge in [-0.1, -0.05) is 17.3 Å². The average molecular weight is 276 g/mol. The third-order valence-corrected chi connectivity index (χ3v) is 2.93. The van der Waals surface area contributed by atoms with Crippen LogP contribution in [0.3, 0.4) is 0 Å². The van der Waals surface area contributed by atoms with Gasteiger partial charge >= 0.3 is 0 Å². The van der Waals surface area contributed by atoms with E-state index in [1.807, 2.05) is 30.5 Å². The zero-order valence-corrected chi connectivity index (χ0v) is 11.6. The molecule has 6 nitrogen and oxygen atoms in total. The Morgan fingerprint density at radius 3 is 2.75 bits per heavy atom. The first-order valence-electron chi connectivity index (χ1n) is 6.65. The van der Waals surface area contributed by atoms with Crippen molar-refractivity contribution in [2.45, 2.75) is 26.1 Å². The molecule has 1 aromatic heterocycles. The van der Waals surface area contributed by atoms with Gasteiger partial charge in [0, 0.05) is 32.4 Å². The van der Waals surface area contributed by atoms with Crippen molar-refractivity contribution < 1.29 is 9.84 Å². The quantitative estimate of drug-likeness (QED) is 0.751. The van der Waals surface area contributed by atoms with E-state index >= 15 is 0 Å². The second kappa shape index (κ2) is 7.62. The fourth-order valence-electron chi connectivity index (χ4n) is 1.84. The van der Waals surface area contributed by atoms with Gasteiger partial charge < -0.3 is 15.2 Å². The molecule has 0 bridgehead atoms. The monoisotopic (exact) mass is 276 g/mol. The van der Waals surface area contributed by atoms with Gasteiger partial charge in [0.25, 0.3) is 0 Å². The third kappa shape index (κ3) is 4.32. The van der Waals surface area contributed by atoms with Crippen molar-refractivity contribution in [1.82, 2.24) is 20.3 Å². The number of ether oxygens (including phenoxy) is 1. The number of aromatic nitrogens is 3. The maximum Gasteiger partial charge on any atom is 0.118 e. The van der Waals surface area contributed by atoms with Gasteiger partial charge in [-0.05, 0) is 24.1 Å². The number of aliphatic hydroxyl groups excluding tert-OH is 1. The Bertz CT molecular complexity index is 510. The Morgan fingerprint density at radius 2 is 2.05 bits per heavy atom. The number of aryl methyl sites for hydroxylation is 1. The molecule has 0 saturated heterocycles. The third-order valence-electron chi connectivity index (χ3n) is 2.93. The van der Waals surface area contributed by atoms with E-state index in [4.69, 9.17) is 9.84 Å². The highest BCUT2D eigenvalue weighted by atomic mass is 16.5. The molecule has 0 aliphatic rings. The maximum atomic E-state index is 8.76. The highest BCUT2D eigenvalue weighted by Gasteiger charge is 2.00. The van der Waals surface area contributed by atoms with Crippen molar-refractivity contribution in [1.29, 1.82) is 0 Å². The minimum atomic E-state index is 0.172. The first kappa shape index (κ1) is 14.5. The molecule has 0 unspecified atom stereocenters. The van der Waals surface area contributed by atoms with Crippen LogP contribution in [0, 0.1) is 0 Å². The standard InChI is InChI=1S/C14H20N4O2/c1-20-14-5-3-12(4-6-14)9-15-10-13-11-18(17-16-13)7-2-8-19/h3-6,11,15,19H,2,7-10H2,1H3. The van der Waals surface area contributed by atoms with Crippen molar-refractivity contribution in [3.63, 3.8) is 0 Å². The molecule has 0 saturated carbocycles. The zero-order valence-electron chi connectivity index (χ0n) is 11.6. The number of methoxy groups -OCH3 is 1. The largest absolute Gasteiger partial charge is 0.497 e. The van der Waals surface area contributed by atoms with Crippen LogP contribution in [0.5, 0.6) is 5.75 Å². The van der Waals surface area contributed by atoms with Crippen LogP contribution in [-0.4, -0.2) is 33.8 Å². The van der Waals surface area contributed by atoms with Crippen LogP contribution in [0.2, 0.25) is 0 Å². The molecule has 20 heavy (non-hydrogen) atoms. The molecule has 1 aromatic carbocycles. The molecule has 2 N–H and O–H groups in total. The number of hydrogen-bond acceptors (Lipinski definition) is 5. The van der Waals surface area contributed by atoms with Crippen molar-refractivity contribution in [3.8, 4) is 5.75 Å². The Balaban J connectivity index is 1.75. The van der Waals surface area contributed by atoms with Gasteiger partial charge in [-0.15, -0.1) is 5.10 Å². The predicted molar refractivity (Wildman–Crippen MR) is 75.3 cm³/mol. The number of benzene rings is 1. The summed E-state index contributed by atoms with van der Waals surface area (Å²) in [5, 5.41) is 20.2. The lowest BCUT2D eigenvalue weighted by Gasteiger charge is -2.04. The Morgan fingerprint density at radius 1 is 1.25 bits per heavy atom. The van der Waals surface area contributed by atoms with Crippen LogP contribution in [0.1, 0.15) is 17.7 Å². The lowest BCUT2D eigenvalue weighted by molar-refractivity contribution is 0.276. The first-order valence-corrected chi connectivity index (χ1v) is 6.65. The predicted octanol–water partition coefficient (Wildman–Crippen LogP) is 0.959. The minimum absolute atomic E-state index is 0.172. The van der Waals surface area contributed by atoms with Crippen LogP contribution in [0.25, 0.3) is 0 Å². The number of aliphatic hydroxyl groups is 1. The molecular weight excluding hydrogens is 256 g/mol. The fourth-order valence-corrected chi connectivity index (χ4v) is 1.84. The molecule has 0 aliphatic carbocycles. The average Bonchev–Trinajstić information content (AvgIpc) is 2.94. The van der Waals surface area contributed by atoms with E-state index < -0.39 is 0 Å². The van der Waals surface area contributed by atoms with Gasteiger partial charge in [-0.3, -0.25) is 4.68 Å². The Hall–Kier alpha value is -1.92. The van der Waals surface area contributed by atoms with Crippen molar-refractivity contribution >= 4 is 0 Å². The van der Waals surface area contributed by atoms with Crippen molar-refractivity contribution in [3.05, 3.63) is 41.7 Å². The van der Waals surface area contributed by atoms with Gasteiger partial charge in [0.2, 0.25) is 0 Å². The summed E-state index contributed by atoms with van der Waals surface area (Å²) in [4.78, 5) is 0. The Labute approximate surface area is 118 Å². The topological polar surface area (TPSA) is 72.2 Å². The van der Waals surface area contributed by atoms with Crippen LogP contribution in [0.15, 0.2) is 30.5 Å². The Kier molecular flexibility index (Phi) is 5.52. The van der Waals surface area contributed by atoms with E-state index in [2.05, 4.69) is 15.6 Å². The van der Waals surface area contributed by atoms with Gasteiger partial charge in [-0.2, -0.15) is 0 Å². The summed E-state index contributed by atoms with van der Waals surface area (Å²) in [5.74, 6) is 0.862. The van der Waals surface area contributed by atoms with Crippen molar-refractivity contribution in [2.75, 3.05) is 13.7 Å². The summed E-state index contributed by atoms with van der Waals surface area (Å²) in [5.41, 5.74) is 2.09. The van der Waals surface area contributed by atoms with E-state index in [-0.39, 0.29) is 6.61 Å². The molecule has 0 amide bonds. The fraction of sp³-hybridized carbons (Fsp3) is 0.429. The maximum absolute atomic E-state index is 8.76. The molecule has 0 fully saturated rings. The molecular formula is C14H20N4O2. The summed E-state index contributed by atoms with van der Waals surface area (Å²) in [6.07, 6.45) is 2.60. The van der Waals surface area contributed by atoms with Crippen LogP contribution in [0.4, 0.5) is 0 Å². The lowest BCUT2D eigenvalue weighted by atomic mass is 10.2. The molecule has 2 rings (SSSR count). The van der Waals surface area contributed by atoms with E-state index in [1.54, 1.807) is 11.8 Å². The summed E-state index contributed by atoms with van der Waals surface area (Å²) in [6.45, 7) is 2.31. The zero-order chi connectivity index (χ0) is 14.2. The highest BCUT2D eigenvalue weighted by molar-refractivity contribution is 5.27. The van der Waals surface area contributed by atoms with Gasteiger partial charge in [-0.25, -0.2) is 0 Å². The molecule has 0 atom stereocenters. The van der Waals surface area contributed by atoms with Gasteiger partial charge in [0.05, 0.1) is 12.8 Å². The minimum Gasteiger partial charge on any atom is -0.497 e. The first-order chi connectivity index (χ1) is 9.81.